The van der Waals surface area contributed by atoms with Gasteiger partial charge in [-0.15, -0.1) is 0 Å². The van der Waals surface area contributed by atoms with Crippen LogP contribution in [0.3, 0.4) is 0 Å². The van der Waals surface area contributed by atoms with Gasteiger partial charge < -0.3 is 10.2 Å². The van der Waals surface area contributed by atoms with Gasteiger partial charge in [0, 0.05) is 17.8 Å². The summed E-state index contributed by atoms with van der Waals surface area (Å²) in [6.07, 6.45) is 1.39. The predicted octanol–water partition coefficient (Wildman–Crippen LogP) is 0.637. The van der Waals surface area contributed by atoms with Crippen molar-refractivity contribution in [2.45, 2.75) is 26.7 Å². The summed E-state index contributed by atoms with van der Waals surface area (Å²) in [4.78, 5) is 13.8. The van der Waals surface area contributed by atoms with Crippen LogP contribution in [0.1, 0.15) is 23.4 Å². The van der Waals surface area contributed by atoms with E-state index in [1.165, 1.54) is 0 Å². The zero-order valence-corrected chi connectivity index (χ0v) is 11.1. The van der Waals surface area contributed by atoms with E-state index >= 15 is 0 Å². The summed E-state index contributed by atoms with van der Waals surface area (Å²) in [7, 11) is 4.06. The number of aryl methyl sites for hydroxylation is 2. The summed E-state index contributed by atoms with van der Waals surface area (Å²) in [5, 5.41) is 9.89. The van der Waals surface area contributed by atoms with Crippen molar-refractivity contribution in [1.82, 2.24) is 20.4 Å². The number of aromatic nitrogens is 2. The molecular weight excluding hydrogens is 216 g/mol. The smallest absolute Gasteiger partial charge is 0.224 e. The summed E-state index contributed by atoms with van der Waals surface area (Å²) < 4.78 is 0. The van der Waals surface area contributed by atoms with E-state index in [2.05, 4.69) is 20.4 Å². The molecule has 1 aromatic rings. The number of carbonyl (C=O) groups excluding carboxylic acids is 1. The molecule has 0 atom stereocenters. The van der Waals surface area contributed by atoms with Gasteiger partial charge in [-0.2, -0.15) is 5.10 Å². The molecule has 17 heavy (non-hydrogen) atoms. The first-order chi connectivity index (χ1) is 8.00. The molecule has 0 bridgehead atoms. The van der Waals surface area contributed by atoms with Crippen molar-refractivity contribution in [3.8, 4) is 0 Å². The minimum atomic E-state index is 0.0661. The molecule has 0 spiro atoms. The largest absolute Gasteiger partial charge is 0.356 e. The monoisotopic (exact) mass is 238 g/mol. The third-order valence-corrected chi connectivity index (χ3v) is 2.72. The molecule has 0 saturated carbocycles. The molecule has 1 heterocycles. The van der Waals surface area contributed by atoms with E-state index in [0.29, 0.717) is 6.42 Å². The third kappa shape index (κ3) is 4.56. The van der Waals surface area contributed by atoms with Gasteiger partial charge in [0.2, 0.25) is 5.91 Å². The molecule has 0 saturated heterocycles. The molecule has 5 nitrogen and oxygen atoms in total. The van der Waals surface area contributed by atoms with Crippen molar-refractivity contribution in [2.75, 3.05) is 27.2 Å². The van der Waals surface area contributed by atoms with Gasteiger partial charge >= 0.3 is 0 Å². The highest BCUT2D eigenvalue weighted by atomic mass is 16.1. The molecular formula is C12H22N4O. The van der Waals surface area contributed by atoms with Crippen LogP contribution in [0.2, 0.25) is 0 Å². The van der Waals surface area contributed by atoms with Crippen molar-refractivity contribution in [3.05, 3.63) is 17.0 Å². The van der Waals surface area contributed by atoms with Crippen LogP contribution in [0.25, 0.3) is 0 Å². The minimum absolute atomic E-state index is 0.0661. The number of nitrogens with zero attached hydrogens (tertiary/aromatic N) is 2. The van der Waals surface area contributed by atoms with Crippen molar-refractivity contribution < 1.29 is 4.79 Å². The van der Waals surface area contributed by atoms with E-state index in [4.69, 9.17) is 0 Å². The van der Waals surface area contributed by atoms with E-state index in [-0.39, 0.29) is 5.91 Å². The lowest BCUT2D eigenvalue weighted by molar-refractivity contribution is -0.120. The van der Waals surface area contributed by atoms with E-state index < -0.39 is 0 Å². The number of amides is 1. The van der Waals surface area contributed by atoms with Crippen molar-refractivity contribution in [3.63, 3.8) is 0 Å². The van der Waals surface area contributed by atoms with Gasteiger partial charge in [0.05, 0.1) is 12.1 Å². The normalized spacial score (nSPS) is 10.9. The Kier molecular flexibility index (Phi) is 5.15. The van der Waals surface area contributed by atoms with E-state index in [0.717, 1.165) is 36.5 Å². The van der Waals surface area contributed by atoms with E-state index in [1.54, 1.807) is 0 Å². The molecule has 0 aliphatic heterocycles. The Morgan fingerprint density at radius 3 is 2.65 bits per heavy atom. The molecule has 1 rings (SSSR count). The highest BCUT2D eigenvalue weighted by Gasteiger charge is 2.10. The lowest BCUT2D eigenvalue weighted by atomic mass is 10.1. The number of H-pyrrole nitrogens is 1. The summed E-state index contributed by atoms with van der Waals surface area (Å²) in [5.41, 5.74) is 2.90. The van der Waals surface area contributed by atoms with Crippen LogP contribution in [0.15, 0.2) is 0 Å². The number of carbonyl (C=O) groups is 1. The maximum atomic E-state index is 11.7. The number of aromatic amines is 1. The second-order valence-electron chi connectivity index (χ2n) is 4.60. The first kappa shape index (κ1) is 13.7. The Morgan fingerprint density at radius 2 is 2.12 bits per heavy atom. The minimum Gasteiger partial charge on any atom is -0.356 e. The van der Waals surface area contributed by atoms with Crippen LogP contribution < -0.4 is 5.32 Å². The van der Waals surface area contributed by atoms with Gasteiger partial charge in [-0.05, 0) is 40.9 Å². The fraction of sp³-hybridized carbons (Fsp3) is 0.667. The number of rotatable bonds is 6. The van der Waals surface area contributed by atoms with Gasteiger partial charge in [-0.25, -0.2) is 0 Å². The SMILES string of the molecule is Cc1n[nH]c(C)c1CC(=O)NCCCN(C)C. The van der Waals surface area contributed by atoms with Gasteiger partial charge in [0.1, 0.15) is 0 Å². The Morgan fingerprint density at radius 1 is 1.41 bits per heavy atom. The Hall–Kier alpha value is -1.36. The Bertz CT molecular complexity index is 351. The number of nitrogens with one attached hydrogen (secondary N) is 2. The standard InChI is InChI=1S/C12H22N4O/c1-9-11(10(2)15-14-9)8-12(17)13-6-5-7-16(3)4/h5-8H2,1-4H3,(H,13,17)(H,14,15). The van der Waals surface area contributed by atoms with Gasteiger partial charge in [-0.3, -0.25) is 9.89 Å². The topological polar surface area (TPSA) is 61.0 Å². The molecule has 0 radical (unpaired) electrons. The summed E-state index contributed by atoms with van der Waals surface area (Å²) in [6.45, 7) is 5.57. The average Bonchev–Trinajstić information content (AvgIpc) is 2.56. The van der Waals surface area contributed by atoms with Crippen molar-refractivity contribution in [1.29, 1.82) is 0 Å². The lowest BCUT2D eigenvalue weighted by Gasteiger charge is -2.09. The quantitative estimate of drug-likeness (QED) is 0.715. The fourth-order valence-electron chi connectivity index (χ4n) is 1.68. The third-order valence-electron chi connectivity index (χ3n) is 2.72. The molecule has 1 amide bonds. The molecule has 0 unspecified atom stereocenters. The number of hydrogen-bond donors (Lipinski definition) is 2. The van der Waals surface area contributed by atoms with E-state index in [1.807, 2.05) is 27.9 Å². The maximum absolute atomic E-state index is 11.7. The van der Waals surface area contributed by atoms with Crippen LogP contribution in [-0.4, -0.2) is 48.2 Å². The fourth-order valence-corrected chi connectivity index (χ4v) is 1.68. The first-order valence-electron chi connectivity index (χ1n) is 5.92. The van der Waals surface area contributed by atoms with Crippen molar-refractivity contribution >= 4 is 5.91 Å². The van der Waals surface area contributed by atoms with Crippen molar-refractivity contribution in [2.24, 2.45) is 0 Å². The maximum Gasteiger partial charge on any atom is 0.224 e. The van der Waals surface area contributed by atoms with Crippen LogP contribution >= 0.6 is 0 Å². The second kappa shape index (κ2) is 6.39. The van der Waals surface area contributed by atoms with Gasteiger partial charge in [0.25, 0.3) is 0 Å². The zero-order chi connectivity index (χ0) is 12.8. The predicted molar refractivity (Wildman–Crippen MR) is 67.9 cm³/mol. The Balaban J connectivity index is 2.30. The molecule has 0 aliphatic carbocycles. The first-order valence-corrected chi connectivity index (χ1v) is 5.92. The summed E-state index contributed by atoms with van der Waals surface area (Å²) in [6, 6.07) is 0. The highest BCUT2D eigenvalue weighted by molar-refractivity contribution is 5.79. The molecule has 1 aromatic heterocycles. The van der Waals surface area contributed by atoms with Gasteiger partial charge in [-0.1, -0.05) is 0 Å². The molecule has 96 valence electrons. The molecule has 0 fully saturated rings. The Labute approximate surface area is 103 Å². The van der Waals surface area contributed by atoms with Crippen LogP contribution in [0.4, 0.5) is 0 Å². The zero-order valence-electron chi connectivity index (χ0n) is 11.1. The lowest BCUT2D eigenvalue weighted by Crippen LogP contribution is -2.28. The summed E-state index contributed by atoms with van der Waals surface area (Å²) in [5.74, 6) is 0.0661. The van der Waals surface area contributed by atoms with Crippen LogP contribution in [-0.2, 0) is 11.2 Å². The second-order valence-corrected chi connectivity index (χ2v) is 4.60. The van der Waals surface area contributed by atoms with Crippen LogP contribution in [0, 0.1) is 13.8 Å². The average molecular weight is 238 g/mol. The van der Waals surface area contributed by atoms with E-state index in [9.17, 15) is 4.79 Å². The summed E-state index contributed by atoms with van der Waals surface area (Å²) >= 11 is 0. The highest BCUT2D eigenvalue weighted by Crippen LogP contribution is 2.09. The molecule has 0 aliphatic rings. The molecule has 2 N–H and O–H groups in total. The number of hydrogen-bond acceptors (Lipinski definition) is 3. The van der Waals surface area contributed by atoms with Crippen LogP contribution in [0.5, 0.6) is 0 Å². The molecule has 5 heteroatoms. The molecule has 0 aromatic carbocycles. The van der Waals surface area contributed by atoms with Gasteiger partial charge in [0.15, 0.2) is 0 Å².